The Morgan fingerprint density at radius 3 is 1.19 bits per heavy atom. The first kappa shape index (κ1) is 52.7. The van der Waals surface area contributed by atoms with Crippen LogP contribution in [0.25, 0.3) is 0 Å². The molecule has 0 fully saturated rings. The summed E-state index contributed by atoms with van der Waals surface area (Å²) in [6, 6.07) is 0.485. The molecule has 0 bridgehead atoms. The van der Waals surface area contributed by atoms with Crippen LogP contribution in [0, 0.1) is 0 Å². The van der Waals surface area contributed by atoms with Gasteiger partial charge in [0.1, 0.15) is 0 Å². The molecule has 0 atom stereocenters. The van der Waals surface area contributed by atoms with Gasteiger partial charge in [0.05, 0.1) is 62.2 Å². The van der Waals surface area contributed by atoms with Gasteiger partial charge in [0.25, 0.3) is 20.2 Å². The second-order valence-electron chi connectivity index (χ2n) is 14.8. The van der Waals surface area contributed by atoms with Crippen molar-refractivity contribution in [3.8, 4) is 0 Å². The van der Waals surface area contributed by atoms with Gasteiger partial charge in [-0.3, -0.25) is 9.11 Å². The highest BCUT2D eigenvalue weighted by Crippen LogP contribution is 2.16. The summed E-state index contributed by atoms with van der Waals surface area (Å²) in [5.41, 5.74) is -2.86. The van der Waals surface area contributed by atoms with Crippen LogP contribution in [0.4, 0.5) is 0 Å². The lowest BCUT2D eigenvalue weighted by Crippen LogP contribution is -2.58. The highest BCUT2D eigenvalue weighted by Gasteiger charge is 2.34. The lowest BCUT2D eigenvalue weighted by atomic mass is 10.0. The van der Waals surface area contributed by atoms with E-state index < -0.39 is 78.5 Å². The van der Waals surface area contributed by atoms with Crippen LogP contribution in [-0.4, -0.2) is 156 Å². The Balaban J connectivity index is 4.71. The Kier molecular flexibility index (Phi) is 31.5. The number of aliphatic hydroxyl groups excluding tert-OH is 4. The fraction of sp³-hybridized carbons (Fsp3) is 1.00. The number of hydrogen-bond acceptors (Lipinski definition) is 13. The molecular weight excluding hydrogens is 747 g/mol. The van der Waals surface area contributed by atoms with Crippen molar-refractivity contribution in [1.29, 1.82) is 0 Å². The first-order valence-electron chi connectivity index (χ1n) is 19.9. The summed E-state index contributed by atoms with van der Waals surface area (Å²) < 4.78 is 74.9. The Morgan fingerprint density at radius 1 is 0.547 bits per heavy atom. The fourth-order valence-corrected chi connectivity index (χ4v) is 8.64. The molecular formula is C35H77N3O12S2Si. The number of nitrogens with zero attached hydrogens (tertiary/aromatic N) is 1. The zero-order valence-corrected chi connectivity index (χ0v) is 35.7. The van der Waals surface area contributed by atoms with Crippen molar-refractivity contribution < 1.29 is 55.2 Å². The molecule has 0 saturated heterocycles. The van der Waals surface area contributed by atoms with Gasteiger partial charge in [0.15, 0.2) is 0 Å². The Labute approximate surface area is 323 Å². The summed E-state index contributed by atoms with van der Waals surface area (Å²) in [5, 5.41) is 45.5. The average molecular weight is 824 g/mol. The predicted octanol–water partition coefficient (Wildman–Crippen LogP) is 2.62. The molecule has 0 aromatic carbocycles. The predicted molar refractivity (Wildman–Crippen MR) is 213 cm³/mol. The van der Waals surface area contributed by atoms with Crippen LogP contribution < -0.4 is 10.6 Å². The highest BCUT2D eigenvalue weighted by molar-refractivity contribution is 7.86. The lowest BCUT2D eigenvalue weighted by molar-refractivity contribution is 0.0218. The Hall–Kier alpha value is -0.323. The van der Waals surface area contributed by atoms with Gasteiger partial charge in [-0.25, -0.2) is 0 Å². The van der Waals surface area contributed by atoms with Gasteiger partial charge in [0, 0.05) is 13.1 Å². The van der Waals surface area contributed by atoms with E-state index in [9.17, 15) is 37.3 Å². The quantitative estimate of drug-likeness (QED) is 0.0252. The van der Waals surface area contributed by atoms with E-state index in [1.54, 1.807) is 0 Å². The van der Waals surface area contributed by atoms with Crippen molar-refractivity contribution in [2.24, 2.45) is 0 Å². The SMILES string of the molecule is CCCCCCCCCCCCCCCCCCCN(C)CCC[SiH](OCC(CO)(CO)NCCS(=O)(=O)O)OCC(CO)(CO)NCCS(=O)(=O)O. The van der Waals surface area contributed by atoms with E-state index in [1.807, 2.05) is 7.05 Å². The van der Waals surface area contributed by atoms with Crippen molar-refractivity contribution in [1.82, 2.24) is 15.5 Å². The molecule has 0 radical (unpaired) electrons. The third kappa shape index (κ3) is 30.5. The standard InChI is InChI=1S/C35H77N3O12S2Si/c1-3-4-5-6-7-8-9-10-11-12-13-14-15-16-17-18-19-23-38(2)24-20-27-53(49-32-34(28-39,29-40)36-21-25-51(43,44)45)50-33-35(30-41,31-42)37-22-26-52(46,47)48/h36-37,39-42,53H,3-33H2,1-2H3,(H,43,44,45)(H,46,47,48). The Bertz CT molecular complexity index is 1010. The molecule has 0 saturated carbocycles. The van der Waals surface area contributed by atoms with Gasteiger partial charge in [-0.1, -0.05) is 110 Å². The van der Waals surface area contributed by atoms with Crippen LogP contribution >= 0.6 is 0 Å². The summed E-state index contributed by atoms with van der Waals surface area (Å²) in [6.07, 6.45) is 23.2. The minimum Gasteiger partial charge on any atom is -0.394 e. The van der Waals surface area contributed by atoms with Crippen LogP contribution in [0.2, 0.25) is 6.04 Å². The third-order valence-corrected chi connectivity index (χ3v) is 13.0. The minimum absolute atomic E-state index is 0.251. The van der Waals surface area contributed by atoms with E-state index in [1.165, 1.54) is 103 Å². The van der Waals surface area contributed by atoms with Gasteiger partial charge in [-0.05, 0) is 39.0 Å². The number of hydrogen-bond donors (Lipinski definition) is 8. The van der Waals surface area contributed by atoms with E-state index in [0.29, 0.717) is 12.5 Å². The molecule has 0 amide bonds. The van der Waals surface area contributed by atoms with Gasteiger partial charge in [-0.15, -0.1) is 0 Å². The molecule has 15 nitrogen and oxygen atoms in total. The van der Waals surface area contributed by atoms with Crippen molar-refractivity contribution in [3.63, 3.8) is 0 Å². The molecule has 0 aliphatic rings. The monoisotopic (exact) mass is 823 g/mol. The molecule has 0 aliphatic carbocycles. The molecule has 0 heterocycles. The number of unbranched alkanes of at least 4 members (excludes halogenated alkanes) is 16. The molecule has 8 N–H and O–H groups in total. The normalized spacial score (nSPS) is 13.2. The maximum Gasteiger partial charge on any atom is 0.321 e. The van der Waals surface area contributed by atoms with Crippen LogP contribution in [0.1, 0.15) is 122 Å². The topological polar surface area (TPSA) is 235 Å². The number of aliphatic hydroxyl groups is 4. The van der Waals surface area contributed by atoms with Gasteiger partial charge in [0.2, 0.25) is 0 Å². The van der Waals surface area contributed by atoms with Gasteiger partial charge >= 0.3 is 9.28 Å². The maximum absolute atomic E-state index is 11.2. The van der Waals surface area contributed by atoms with Crippen molar-refractivity contribution in [3.05, 3.63) is 0 Å². The summed E-state index contributed by atoms with van der Waals surface area (Å²) in [5.74, 6) is -1.27. The fourth-order valence-electron chi connectivity index (χ4n) is 5.96. The molecule has 320 valence electrons. The molecule has 0 aromatic heterocycles. The van der Waals surface area contributed by atoms with Crippen molar-refractivity contribution in [2.75, 3.05) is 84.4 Å². The lowest BCUT2D eigenvalue weighted by Gasteiger charge is -2.35. The molecule has 0 aliphatic heterocycles. The minimum atomic E-state index is -4.28. The number of nitrogens with one attached hydrogen (secondary N) is 2. The van der Waals surface area contributed by atoms with Crippen LogP contribution in [0.3, 0.4) is 0 Å². The van der Waals surface area contributed by atoms with E-state index in [2.05, 4.69) is 22.5 Å². The Morgan fingerprint density at radius 2 is 0.868 bits per heavy atom. The summed E-state index contributed by atoms with van der Waals surface area (Å²) in [4.78, 5) is 2.24. The van der Waals surface area contributed by atoms with E-state index in [-0.39, 0.29) is 26.3 Å². The second-order valence-corrected chi connectivity index (χ2v) is 20.0. The third-order valence-electron chi connectivity index (χ3n) is 9.64. The van der Waals surface area contributed by atoms with E-state index >= 15 is 0 Å². The molecule has 0 aromatic rings. The zero-order chi connectivity index (χ0) is 39.9. The van der Waals surface area contributed by atoms with Crippen LogP contribution in [0.15, 0.2) is 0 Å². The largest absolute Gasteiger partial charge is 0.394 e. The first-order chi connectivity index (χ1) is 25.2. The molecule has 0 unspecified atom stereocenters. The second kappa shape index (κ2) is 31.7. The molecule has 0 rings (SSSR count). The average Bonchev–Trinajstić information content (AvgIpc) is 3.11. The first-order valence-corrected chi connectivity index (χ1v) is 24.9. The van der Waals surface area contributed by atoms with E-state index in [0.717, 1.165) is 19.5 Å². The molecule has 0 spiro atoms. The van der Waals surface area contributed by atoms with Gasteiger partial charge in [-0.2, -0.15) is 16.8 Å². The maximum atomic E-state index is 11.2. The number of rotatable bonds is 40. The highest BCUT2D eigenvalue weighted by atomic mass is 32.2. The van der Waals surface area contributed by atoms with Crippen LogP contribution in [0.5, 0.6) is 0 Å². The molecule has 18 heteroatoms. The van der Waals surface area contributed by atoms with Crippen molar-refractivity contribution >= 4 is 29.5 Å². The summed E-state index contributed by atoms with van der Waals surface area (Å²) >= 11 is 0. The van der Waals surface area contributed by atoms with E-state index in [4.69, 9.17) is 18.0 Å². The zero-order valence-electron chi connectivity index (χ0n) is 32.9. The van der Waals surface area contributed by atoms with Crippen LogP contribution in [-0.2, 0) is 29.1 Å². The smallest absolute Gasteiger partial charge is 0.321 e. The summed E-state index contributed by atoms with van der Waals surface area (Å²) in [7, 11) is -9.15. The molecule has 53 heavy (non-hydrogen) atoms. The van der Waals surface area contributed by atoms with Gasteiger partial charge < -0.3 is 44.8 Å². The van der Waals surface area contributed by atoms with Crippen molar-refractivity contribution in [2.45, 2.75) is 140 Å². The summed E-state index contributed by atoms with van der Waals surface area (Å²) in [6.45, 7) is 0.530.